The molecule has 0 aliphatic rings. The molecule has 1 unspecified atom stereocenters. The summed E-state index contributed by atoms with van der Waals surface area (Å²) < 4.78 is 5.74. The number of methoxy groups -OCH3 is 1. The first-order valence-corrected chi connectivity index (χ1v) is 5.66. The first-order chi connectivity index (χ1) is 7.13. The Labute approximate surface area is 103 Å². The van der Waals surface area contributed by atoms with Crippen molar-refractivity contribution in [2.24, 2.45) is 0 Å². The molecule has 1 atom stereocenters. The maximum absolute atomic E-state index is 9.42. The van der Waals surface area contributed by atoms with Crippen molar-refractivity contribution in [3.8, 4) is 0 Å². The van der Waals surface area contributed by atoms with Gasteiger partial charge >= 0.3 is 0 Å². The Balaban J connectivity index is 2.50. The van der Waals surface area contributed by atoms with Crippen molar-refractivity contribution in [2.75, 3.05) is 25.6 Å². The lowest BCUT2D eigenvalue weighted by Crippen LogP contribution is -2.24. The van der Waals surface area contributed by atoms with Crippen LogP contribution in [0.3, 0.4) is 0 Å². The van der Waals surface area contributed by atoms with E-state index in [1.807, 2.05) is 12.1 Å². The van der Waals surface area contributed by atoms with E-state index in [2.05, 4.69) is 21.2 Å². The molecule has 0 saturated carbocycles. The second-order valence-corrected chi connectivity index (χ2v) is 4.44. The van der Waals surface area contributed by atoms with E-state index in [4.69, 9.17) is 16.3 Å². The molecule has 0 amide bonds. The summed E-state index contributed by atoms with van der Waals surface area (Å²) in [4.78, 5) is 0. The van der Waals surface area contributed by atoms with Crippen LogP contribution in [0.2, 0.25) is 5.02 Å². The predicted molar refractivity (Wildman–Crippen MR) is 65.5 cm³/mol. The van der Waals surface area contributed by atoms with Gasteiger partial charge in [0.1, 0.15) is 0 Å². The molecule has 1 aromatic rings. The number of aliphatic hydroxyl groups is 1. The normalized spacial score (nSPS) is 12.5. The van der Waals surface area contributed by atoms with Crippen LogP contribution in [0.5, 0.6) is 0 Å². The maximum Gasteiger partial charge on any atom is 0.0945 e. The summed E-state index contributed by atoms with van der Waals surface area (Å²) in [5.74, 6) is 0. The minimum atomic E-state index is -0.533. The van der Waals surface area contributed by atoms with Crippen LogP contribution in [-0.2, 0) is 4.74 Å². The summed E-state index contributed by atoms with van der Waals surface area (Å²) in [5.41, 5.74) is 0.801. The molecule has 0 aliphatic heterocycles. The third kappa shape index (κ3) is 4.38. The van der Waals surface area contributed by atoms with Crippen molar-refractivity contribution in [3.05, 3.63) is 27.7 Å². The molecule has 0 bridgehead atoms. The van der Waals surface area contributed by atoms with Gasteiger partial charge < -0.3 is 15.2 Å². The summed E-state index contributed by atoms with van der Waals surface area (Å²) >= 11 is 9.30. The maximum atomic E-state index is 9.42. The largest absolute Gasteiger partial charge is 0.389 e. The number of halogens is 2. The molecule has 0 saturated heterocycles. The van der Waals surface area contributed by atoms with Gasteiger partial charge in [-0.15, -0.1) is 0 Å². The minimum absolute atomic E-state index is 0.307. The van der Waals surface area contributed by atoms with E-state index in [1.165, 1.54) is 0 Å². The zero-order valence-electron chi connectivity index (χ0n) is 8.34. The lowest BCUT2D eigenvalue weighted by atomic mass is 10.3. The predicted octanol–water partition coefficient (Wildman–Crippen LogP) is 2.52. The van der Waals surface area contributed by atoms with Gasteiger partial charge in [0, 0.05) is 18.1 Å². The SMILES string of the molecule is COCC(O)CNc1ccc(Br)cc1Cl. The number of benzene rings is 1. The molecule has 0 fully saturated rings. The fourth-order valence-corrected chi connectivity index (χ4v) is 1.85. The minimum Gasteiger partial charge on any atom is -0.389 e. The van der Waals surface area contributed by atoms with Gasteiger partial charge in [-0.1, -0.05) is 27.5 Å². The van der Waals surface area contributed by atoms with Crippen molar-refractivity contribution in [1.29, 1.82) is 0 Å². The molecule has 0 aliphatic carbocycles. The second-order valence-electron chi connectivity index (χ2n) is 3.11. The van der Waals surface area contributed by atoms with Gasteiger partial charge in [-0.05, 0) is 18.2 Å². The Bertz CT molecular complexity index is 322. The molecule has 2 N–H and O–H groups in total. The highest BCUT2D eigenvalue weighted by molar-refractivity contribution is 9.10. The summed E-state index contributed by atoms with van der Waals surface area (Å²) in [6.07, 6.45) is -0.533. The first kappa shape index (κ1) is 12.8. The van der Waals surface area contributed by atoms with Gasteiger partial charge in [0.25, 0.3) is 0 Å². The van der Waals surface area contributed by atoms with Crippen molar-refractivity contribution in [3.63, 3.8) is 0 Å². The molecule has 84 valence electrons. The van der Waals surface area contributed by atoms with E-state index in [9.17, 15) is 5.11 Å². The van der Waals surface area contributed by atoms with E-state index >= 15 is 0 Å². The lowest BCUT2D eigenvalue weighted by molar-refractivity contribution is 0.0727. The molecule has 0 heterocycles. The molecule has 0 spiro atoms. The number of rotatable bonds is 5. The number of hydrogen-bond acceptors (Lipinski definition) is 3. The Kier molecular flexibility index (Phi) is 5.39. The van der Waals surface area contributed by atoms with Crippen LogP contribution in [-0.4, -0.2) is 31.5 Å². The Morgan fingerprint density at radius 1 is 1.60 bits per heavy atom. The summed E-state index contributed by atoms with van der Waals surface area (Å²) in [5, 5.41) is 13.1. The van der Waals surface area contributed by atoms with Crippen LogP contribution >= 0.6 is 27.5 Å². The van der Waals surface area contributed by atoms with E-state index in [0.29, 0.717) is 18.2 Å². The average Bonchev–Trinajstić information content (AvgIpc) is 2.17. The standard InChI is InChI=1S/C10H13BrClNO2/c1-15-6-8(14)5-13-10-3-2-7(11)4-9(10)12/h2-4,8,13-14H,5-6H2,1H3. The number of ether oxygens (including phenoxy) is 1. The average molecular weight is 295 g/mol. The van der Waals surface area contributed by atoms with Crippen LogP contribution in [0.4, 0.5) is 5.69 Å². The summed E-state index contributed by atoms with van der Waals surface area (Å²) in [6.45, 7) is 0.719. The number of hydrogen-bond donors (Lipinski definition) is 2. The second kappa shape index (κ2) is 6.33. The molecular weight excluding hydrogens is 281 g/mol. The molecule has 5 heteroatoms. The van der Waals surface area contributed by atoms with E-state index in [0.717, 1.165) is 10.2 Å². The first-order valence-electron chi connectivity index (χ1n) is 4.49. The van der Waals surface area contributed by atoms with Crippen LogP contribution < -0.4 is 5.32 Å². The topological polar surface area (TPSA) is 41.5 Å². The molecule has 1 aromatic carbocycles. The summed E-state index contributed by atoms with van der Waals surface area (Å²) in [6, 6.07) is 5.54. The third-order valence-electron chi connectivity index (χ3n) is 1.82. The van der Waals surface area contributed by atoms with Crippen LogP contribution in [0, 0.1) is 0 Å². The molecule has 0 radical (unpaired) electrons. The monoisotopic (exact) mass is 293 g/mol. The molecule has 1 rings (SSSR count). The highest BCUT2D eigenvalue weighted by Crippen LogP contribution is 2.25. The van der Waals surface area contributed by atoms with Crippen molar-refractivity contribution < 1.29 is 9.84 Å². The van der Waals surface area contributed by atoms with E-state index in [1.54, 1.807) is 13.2 Å². The van der Waals surface area contributed by atoms with Crippen LogP contribution in [0.1, 0.15) is 0 Å². The van der Waals surface area contributed by atoms with Crippen LogP contribution in [0.25, 0.3) is 0 Å². The zero-order valence-corrected chi connectivity index (χ0v) is 10.7. The fraction of sp³-hybridized carbons (Fsp3) is 0.400. The van der Waals surface area contributed by atoms with Gasteiger partial charge in [0.2, 0.25) is 0 Å². The highest BCUT2D eigenvalue weighted by atomic mass is 79.9. The zero-order chi connectivity index (χ0) is 11.3. The third-order valence-corrected chi connectivity index (χ3v) is 2.62. The molecule has 0 aromatic heterocycles. The smallest absolute Gasteiger partial charge is 0.0945 e. The molecule has 3 nitrogen and oxygen atoms in total. The van der Waals surface area contributed by atoms with E-state index in [-0.39, 0.29) is 0 Å². The van der Waals surface area contributed by atoms with Crippen LogP contribution in [0.15, 0.2) is 22.7 Å². The highest BCUT2D eigenvalue weighted by Gasteiger charge is 2.05. The van der Waals surface area contributed by atoms with Gasteiger partial charge in [0.05, 0.1) is 23.4 Å². The van der Waals surface area contributed by atoms with E-state index < -0.39 is 6.10 Å². The van der Waals surface area contributed by atoms with Crippen molar-refractivity contribution >= 4 is 33.2 Å². The van der Waals surface area contributed by atoms with Gasteiger partial charge in [0.15, 0.2) is 0 Å². The lowest BCUT2D eigenvalue weighted by Gasteiger charge is -2.12. The molecular formula is C10H13BrClNO2. The number of aliphatic hydroxyl groups excluding tert-OH is 1. The Morgan fingerprint density at radius 2 is 2.33 bits per heavy atom. The Morgan fingerprint density at radius 3 is 2.93 bits per heavy atom. The van der Waals surface area contributed by atoms with Gasteiger partial charge in [-0.25, -0.2) is 0 Å². The summed E-state index contributed by atoms with van der Waals surface area (Å²) in [7, 11) is 1.55. The molecule has 15 heavy (non-hydrogen) atoms. The number of nitrogens with one attached hydrogen (secondary N) is 1. The van der Waals surface area contributed by atoms with Gasteiger partial charge in [-0.3, -0.25) is 0 Å². The number of anilines is 1. The Hall–Kier alpha value is -0.290. The van der Waals surface area contributed by atoms with Crippen molar-refractivity contribution in [2.45, 2.75) is 6.10 Å². The fourth-order valence-electron chi connectivity index (χ4n) is 1.11. The van der Waals surface area contributed by atoms with Gasteiger partial charge in [-0.2, -0.15) is 0 Å². The quantitative estimate of drug-likeness (QED) is 0.877. The van der Waals surface area contributed by atoms with Crippen molar-refractivity contribution in [1.82, 2.24) is 0 Å².